The van der Waals surface area contributed by atoms with Crippen molar-refractivity contribution in [1.82, 2.24) is 4.98 Å². The van der Waals surface area contributed by atoms with E-state index in [9.17, 15) is 14.5 Å². The molecule has 17 heavy (non-hydrogen) atoms. The fourth-order valence-corrected chi connectivity index (χ4v) is 1.44. The summed E-state index contributed by atoms with van der Waals surface area (Å²) in [5.41, 5.74) is -0.206. The molecule has 88 valence electrons. The maximum Gasteiger partial charge on any atom is 0.272 e. The average Bonchev–Trinajstić information content (AvgIpc) is 2.77. The molecule has 0 spiro atoms. The van der Waals surface area contributed by atoms with Gasteiger partial charge in [-0.05, 0) is 6.07 Å². The molecule has 2 rings (SSSR count). The Balaban J connectivity index is 2.42. The van der Waals surface area contributed by atoms with Crippen LogP contribution in [0.5, 0.6) is 0 Å². The first-order valence-corrected chi connectivity index (χ1v) is 5.10. The Morgan fingerprint density at radius 3 is 2.82 bits per heavy atom. The lowest BCUT2D eigenvalue weighted by atomic mass is 10.1. The van der Waals surface area contributed by atoms with E-state index in [0.29, 0.717) is 0 Å². The van der Waals surface area contributed by atoms with Gasteiger partial charge < -0.3 is 4.42 Å². The SMILES string of the molecule is O=[N+]([O-])c1ccc(-c2cnc(CCl)o2)c(F)c1. The molecule has 7 heteroatoms. The maximum absolute atomic E-state index is 13.6. The number of alkyl halides is 1. The minimum atomic E-state index is -0.739. The molecule has 0 aliphatic rings. The molecule has 0 amide bonds. The Morgan fingerprint density at radius 2 is 2.29 bits per heavy atom. The molecule has 0 atom stereocenters. The number of hydrogen-bond acceptors (Lipinski definition) is 4. The summed E-state index contributed by atoms with van der Waals surface area (Å²) in [4.78, 5) is 13.6. The Morgan fingerprint density at radius 1 is 1.53 bits per heavy atom. The third-order valence-corrected chi connectivity index (χ3v) is 2.33. The molecular formula is C10H6ClFN2O3. The van der Waals surface area contributed by atoms with Crippen LogP contribution in [0.1, 0.15) is 5.89 Å². The predicted octanol–water partition coefficient (Wildman–Crippen LogP) is 3.13. The molecule has 0 fully saturated rings. The Labute approximate surface area is 100.0 Å². The summed E-state index contributed by atoms with van der Waals surface area (Å²) in [7, 11) is 0. The highest BCUT2D eigenvalue weighted by Gasteiger charge is 2.15. The van der Waals surface area contributed by atoms with Crippen molar-refractivity contribution in [2.75, 3.05) is 0 Å². The highest BCUT2D eigenvalue weighted by Crippen LogP contribution is 2.26. The van der Waals surface area contributed by atoms with Crippen LogP contribution in [0.25, 0.3) is 11.3 Å². The van der Waals surface area contributed by atoms with Gasteiger partial charge in [-0.1, -0.05) is 0 Å². The van der Waals surface area contributed by atoms with E-state index in [2.05, 4.69) is 4.98 Å². The highest BCUT2D eigenvalue weighted by molar-refractivity contribution is 6.16. The van der Waals surface area contributed by atoms with E-state index in [1.54, 1.807) is 0 Å². The van der Waals surface area contributed by atoms with Crippen LogP contribution in [-0.2, 0) is 5.88 Å². The summed E-state index contributed by atoms with van der Waals surface area (Å²) in [6.45, 7) is 0. The number of nitro benzene ring substituents is 1. The second-order valence-corrected chi connectivity index (χ2v) is 3.44. The van der Waals surface area contributed by atoms with Gasteiger partial charge in [0.1, 0.15) is 5.82 Å². The molecule has 0 N–H and O–H groups in total. The molecule has 0 aliphatic carbocycles. The second kappa shape index (κ2) is 4.50. The van der Waals surface area contributed by atoms with Gasteiger partial charge in [0, 0.05) is 6.07 Å². The first-order chi connectivity index (χ1) is 8.11. The second-order valence-electron chi connectivity index (χ2n) is 3.17. The summed E-state index contributed by atoms with van der Waals surface area (Å²) in [6.07, 6.45) is 1.32. The van der Waals surface area contributed by atoms with Crippen LogP contribution in [0.4, 0.5) is 10.1 Å². The van der Waals surface area contributed by atoms with E-state index in [-0.39, 0.29) is 28.8 Å². The van der Waals surface area contributed by atoms with E-state index in [1.165, 1.54) is 18.3 Å². The highest BCUT2D eigenvalue weighted by atomic mass is 35.5. The van der Waals surface area contributed by atoms with Crippen LogP contribution < -0.4 is 0 Å². The van der Waals surface area contributed by atoms with E-state index >= 15 is 0 Å². The molecule has 0 saturated carbocycles. The van der Waals surface area contributed by atoms with Gasteiger partial charge in [-0.25, -0.2) is 9.37 Å². The van der Waals surface area contributed by atoms with Gasteiger partial charge in [0.25, 0.3) is 5.69 Å². The first-order valence-electron chi connectivity index (χ1n) is 4.57. The number of nitro groups is 1. The van der Waals surface area contributed by atoms with Crippen molar-refractivity contribution in [1.29, 1.82) is 0 Å². The summed E-state index contributed by atoms with van der Waals surface area (Å²) < 4.78 is 18.7. The van der Waals surface area contributed by atoms with Gasteiger partial charge >= 0.3 is 0 Å². The molecule has 1 aromatic carbocycles. The number of nitrogens with zero attached hydrogens (tertiary/aromatic N) is 2. The van der Waals surface area contributed by atoms with Crippen LogP contribution in [0, 0.1) is 15.9 Å². The van der Waals surface area contributed by atoms with Crippen LogP contribution >= 0.6 is 11.6 Å². The van der Waals surface area contributed by atoms with Gasteiger partial charge in [-0.2, -0.15) is 0 Å². The fraction of sp³-hybridized carbons (Fsp3) is 0.100. The largest absolute Gasteiger partial charge is 0.439 e. The normalized spacial score (nSPS) is 10.5. The third-order valence-electron chi connectivity index (χ3n) is 2.10. The molecule has 0 bridgehead atoms. The van der Waals surface area contributed by atoms with Crippen molar-refractivity contribution >= 4 is 17.3 Å². The molecule has 5 nitrogen and oxygen atoms in total. The van der Waals surface area contributed by atoms with Gasteiger partial charge in [0.15, 0.2) is 5.76 Å². The van der Waals surface area contributed by atoms with E-state index in [0.717, 1.165) is 6.07 Å². The molecule has 0 saturated heterocycles. The van der Waals surface area contributed by atoms with Crippen LogP contribution in [0.3, 0.4) is 0 Å². The quantitative estimate of drug-likeness (QED) is 0.481. The van der Waals surface area contributed by atoms with Crippen LogP contribution in [0.2, 0.25) is 0 Å². The minimum absolute atomic E-state index is 0.0780. The number of halogens is 2. The van der Waals surface area contributed by atoms with Crippen LogP contribution in [-0.4, -0.2) is 9.91 Å². The first kappa shape index (κ1) is 11.5. The van der Waals surface area contributed by atoms with Crippen molar-refractivity contribution in [3.8, 4) is 11.3 Å². The number of rotatable bonds is 3. The van der Waals surface area contributed by atoms with Crippen molar-refractivity contribution in [2.45, 2.75) is 5.88 Å². The number of aromatic nitrogens is 1. The van der Waals surface area contributed by atoms with Crippen molar-refractivity contribution in [2.24, 2.45) is 0 Å². The smallest absolute Gasteiger partial charge is 0.272 e. The summed E-state index contributed by atoms with van der Waals surface area (Å²) in [5.74, 6) is -0.210. The molecular weight excluding hydrogens is 251 g/mol. The standard InChI is InChI=1S/C10H6ClFN2O3/c11-4-10-13-5-9(17-10)7-2-1-6(14(15)16)3-8(7)12/h1-3,5H,4H2. The summed E-state index contributed by atoms with van der Waals surface area (Å²) in [5, 5.41) is 10.4. The molecule has 1 aromatic heterocycles. The zero-order chi connectivity index (χ0) is 12.4. The summed E-state index contributed by atoms with van der Waals surface area (Å²) in [6, 6.07) is 3.30. The number of hydrogen-bond donors (Lipinski definition) is 0. The number of benzene rings is 1. The Kier molecular flexibility index (Phi) is 3.06. The lowest BCUT2D eigenvalue weighted by Gasteiger charge is -1.98. The van der Waals surface area contributed by atoms with Gasteiger partial charge in [-0.15, -0.1) is 11.6 Å². The van der Waals surface area contributed by atoms with Crippen molar-refractivity contribution < 1.29 is 13.7 Å². The molecule has 1 heterocycles. The monoisotopic (exact) mass is 256 g/mol. The third kappa shape index (κ3) is 2.26. The molecule has 0 unspecified atom stereocenters. The van der Waals surface area contributed by atoms with Gasteiger partial charge in [-0.3, -0.25) is 10.1 Å². The Bertz CT molecular complexity index is 570. The lowest BCUT2D eigenvalue weighted by molar-refractivity contribution is -0.385. The fourth-order valence-electron chi connectivity index (χ4n) is 1.31. The maximum atomic E-state index is 13.6. The molecule has 0 aliphatic heterocycles. The van der Waals surface area contributed by atoms with E-state index in [1.807, 2.05) is 0 Å². The predicted molar refractivity (Wildman–Crippen MR) is 58.1 cm³/mol. The van der Waals surface area contributed by atoms with Gasteiger partial charge in [0.05, 0.1) is 28.6 Å². The van der Waals surface area contributed by atoms with E-state index in [4.69, 9.17) is 16.0 Å². The number of oxazole rings is 1. The van der Waals surface area contributed by atoms with Crippen molar-refractivity contribution in [3.63, 3.8) is 0 Å². The zero-order valence-corrected chi connectivity index (χ0v) is 9.15. The number of non-ortho nitro benzene ring substituents is 1. The van der Waals surface area contributed by atoms with Crippen molar-refractivity contribution in [3.05, 3.63) is 46.2 Å². The molecule has 0 radical (unpaired) electrons. The lowest BCUT2D eigenvalue weighted by Crippen LogP contribution is -1.90. The summed E-state index contributed by atoms with van der Waals surface area (Å²) >= 11 is 5.49. The topological polar surface area (TPSA) is 69.2 Å². The van der Waals surface area contributed by atoms with E-state index < -0.39 is 10.7 Å². The zero-order valence-electron chi connectivity index (χ0n) is 8.39. The molecule has 2 aromatic rings. The minimum Gasteiger partial charge on any atom is -0.439 e. The average molecular weight is 257 g/mol. The van der Waals surface area contributed by atoms with Gasteiger partial charge in [0.2, 0.25) is 5.89 Å². The van der Waals surface area contributed by atoms with Crippen LogP contribution in [0.15, 0.2) is 28.8 Å². The Hall–Kier alpha value is -1.95.